The molecular formula is C20H14N2S. The number of hydrogen-bond donors (Lipinski definition) is 0. The van der Waals surface area contributed by atoms with Gasteiger partial charge in [0, 0.05) is 11.8 Å². The summed E-state index contributed by atoms with van der Waals surface area (Å²) in [7, 11) is 0. The number of rotatable bonds is 3. The van der Waals surface area contributed by atoms with Crippen molar-refractivity contribution in [3.63, 3.8) is 0 Å². The molecule has 0 aliphatic heterocycles. The van der Waals surface area contributed by atoms with Crippen LogP contribution in [-0.4, -0.2) is 9.97 Å². The molecule has 23 heavy (non-hydrogen) atoms. The van der Waals surface area contributed by atoms with Crippen molar-refractivity contribution in [1.29, 1.82) is 0 Å². The fourth-order valence-electron chi connectivity index (χ4n) is 2.49. The number of thiazole rings is 1. The first-order chi connectivity index (χ1) is 11.4. The number of hydrogen-bond acceptors (Lipinski definition) is 3. The van der Waals surface area contributed by atoms with Gasteiger partial charge in [-0.1, -0.05) is 66.7 Å². The lowest BCUT2D eigenvalue weighted by Crippen LogP contribution is -1.85. The van der Waals surface area contributed by atoms with Gasteiger partial charge in [0.25, 0.3) is 0 Å². The Morgan fingerprint density at radius 1 is 0.652 bits per heavy atom. The molecule has 0 fully saturated rings. The van der Waals surface area contributed by atoms with E-state index in [9.17, 15) is 0 Å². The molecule has 0 aliphatic carbocycles. The molecule has 0 bridgehead atoms. The molecule has 4 rings (SSSR count). The van der Waals surface area contributed by atoms with Crippen LogP contribution in [0, 0.1) is 0 Å². The van der Waals surface area contributed by atoms with Crippen molar-refractivity contribution in [2.75, 3.05) is 0 Å². The van der Waals surface area contributed by atoms with Gasteiger partial charge < -0.3 is 0 Å². The van der Waals surface area contributed by atoms with Crippen molar-refractivity contribution in [3.05, 3.63) is 85.1 Å². The third kappa shape index (κ3) is 2.79. The lowest BCUT2D eigenvalue weighted by molar-refractivity contribution is 1.28. The van der Waals surface area contributed by atoms with Crippen LogP contribution >= 0.6 is 11.3 Å². The van der Waals surface area contributed by atoms with E-state index >= 15 is 0 Å². The Balaban J connectivity index is 1.91. The van der Waals surface area contributed by atoms with Crippen molar-refractivity contribution in [1.82, 2.24) is 9.97 Å². The Kier molecular flexibility index (Phi) is 3.70. The molecule has 0 saturated heterocycles. The second-order valence-corrected chi connectivity index (χ2v) is 6.14. The predicted octanol–water partition coefficient (Wildman–Crippen LogP) is 5.54. The van der Waals surface area contributed by atoms with Gasteiger partial charge in [0.2, 0.25) is 0 Å². The highest BCUT2D eigenvalue weighted by atomic mass is 32.1. The van der Waals surface area contributed by atoms with Gasteiger partial charge in [0.15, 0.2) is 0 Å². The van der Waals surface area contributed by atoms with E-state index < -0.39 is 0 Å². The molecule has 0 saturated carbocycles. The van der Waals surface area contributed by atoms with E-state index in [0.29, 0.717) is 0 Å². The van der Waals surface area contributed by atoms with Gasteiger partial charge in [0.05, 0.1) is 10.6 Å². The fraction of sp³-hybridized carbons (Fsp3) is 0. The third-order valence-electron chi connectivity index (χ3n) is 3.59. The van der Waals surface area contributed by atoms with Crippen LogP contribution in [0.2, 0.25) is 0 Å². The topological polar surface area (TPSA) is 25.8 Å². The van der Waals surface area contributed by atoms with Crippen molar-refractivity contribution in [2.24, 2.45) is 0 Å². The monoisotopic (exact) mass is 314 g/mol. The fourth-order valence-corrected chi connectivity index (χ4v) is 3.57. The number of nitrogens with zero attached hydrogens (tertiary/aromatic N) is 2. The van der Waals surface area contributed by atoms with Crippen LogP contribution in [0.1, 0.15) is 0 Å². The van der Waals surface area contributed by atoms with Crippen LogP contribution in [0.3, 0.4) is 0 Å². The smallest absolute Gasteiger partial charge is 0.124 e. The maximum atomic E-state index is 4.88. The first kappa shape index (κ1) is 13.9. The third-order valence-corrected chi connectivity index (χ3v) is 4.74. The lowest BCUT2D eigenvalue weighted by atomic mass is 10.1. The highest BCUT2D eigenvalue weighted by Gasteiger charge is 2.16. The summed E-state index contributed by atoms with van der Waals surface area (Å²) in [5.74, 6) is 0. The van der Waals surface area contributed by atoms with Gasteiger partial charge >= 0.3 is 0 Å². The Hall–Kier alpha value is -2.78. The minimum Gasteiger partial charge on any atom is -0.255 e. The van der Waals surface area contributed by atoms with Crippen LogP contribution in [0.25, 0.3) is 32.4 Å². The van der Waals surface area contributed by atoms with Crippen LogP contribution < -0.4 is 0 Å². The number of aromatic nitrogens is 2. The molecule has 2 aromatic carbocycles. The predicted molar refractivity (Wildman–Crippen MR) is 96.2 cm³/mol. The van der Waals surface area contributed by atoms with E-state index in [1.54, 1.807) is 11.3 Å². The summed E-state index contributed by atoms with van der Waals surface area (Å²) in [6, 6.07) is 26.6. The minimum absolute atomic E-state index is 0.907. The molecule has 2 aromatic heterocycles. The molecule has 0 aliphatic rings. The maximum Gasteiger partial charge on any atom is 0.124 e. The average Bonchev–Trinajstić information content (AvgIpc) is 3.09. The van der Waals surface area contributed by atoms with E-state index in [2.05, 4.69) is 41.4 Å². The van der Waals surface area contributed by atoms with Gasteiger partial charge in [-0.05, 0) is 17.7 Å². The molecule has 2 heterocycles. The summed E-state index contributed by atoms with van der Waals surface area (Å²) in [6.45, 7) is 0. The average molecular weight is 314 g/mol. The van der Waals surface area contributed by atoms with Crippen LogP contribution in [0.4, 0.5) is 0 Å². The van der Waals surface area contributed by atoms with Crippen LogP contribution in [-0.2, 0) is 0 Å². The Morgan fingerprint density at radius 3 is 1.96 bits per heavy atom. The molecular weight excluding hydrogens is 300 g/mol. The normalized spacial score (nSPS) is 10.6. The molecule has 0 amide bonds. The Morgan fingerprint density at radius 2 is 1.30 bits per heavy atom. The molecule has 0 radical (unpaired) electrons. The highest BCUT2D eigenvalue weighted by Crippen LogP contribution is 2.39. The Labute approximate surface area is 139 Å². The van der Waals surface area contributed by atoms with Gasteiger partial charge in [-0.2, -0.15) is 0 Å². The summed E-state index contributed by atoms with van der Waals surface area (Å²) in [5, 5.41) is 1.02. The van der Waals surface area contributed by atoms with Crippen LogP contribution in [0.5, 0.6) is 0 Å². The number of pyridine rings is 1. The zero-order valence-corrected chi connectivity index (χ0v) is 13.2. The zero-order chi connectivity index (χ0) is 15.5. The summed E-state index contributed by atoms with van der Waals surface area (Å²) in [6.07, 6.45) is 1.81. The van der Waals surface area contributed by atoms with Crippen LogP contribution in [0.15, 0.2) is 85.1 Å². The molecule has 2 nitrogen and oxygen atoms in total. The summed E-state index contributed by atoms with van der Waals surface area (Å²) in [4.78, 5) is 10.5. The lowest BCUT2D eigenvalue weighted by Gasteiger charge is -2.01. The first-order valence-electron chi connectivity index (χ1n) is 7.45. The molecule has 0 unspecified atom stereocenters. The number of benzene rings is 2. The molecule has 0 N–H and O–H groups in total. The van der Waals surface area contributed by atoms with E-state index in [-0.39, 0.29) is 0 Å². The first-order valence-corrected chi connectivity index (χ1v) is 8.26. The van der Waals surface area contributed by atoms with Gasteiger partial charge in [0.1, 0.15) is 10.7 Å². The van der Waals surface area contributed by atoms with E-state index in [0.717, 1.165) is 26.8 Å². The summed E-state index contributed by atoms with van der Waals surface area (Å²) in [5.41, 5.74) is 4.16. The van der Waals surface area contributed by atoms with Gasteiger partial charge in [-0.15, -0.1) is 11.3 Å². The molecule has 3 heteroatoms. The Bertz CT molecular complexity index is 843. The molecule has 110 valence electrons. The van der Waals surface area contributed by atoms with Crippen molar-refractivity contribution >= 4 is 11.3 Å². The molecule has 4 aromatic rings. The van der Waals surface area contributed by atoms with E-state index in [1.165, 1.54) is 5.56 Å². The minimum atomic E-state index is 0.907. The highest BCUT2D eigenvalue weighted by molar-refractivity contribution is 7.19. The molecule has 0 atom stereocenters. The van der Waals surface area contributed by atoms with Crippen molar-refractivity contribution in [3.8, 4) is 32.4 Å². The standard InChI is InChI=1S/C20H14N2S/c1-3-9-15(10-4-1)19-18(17-13-7-8-14-21-17)22-20(23-19)16-11-5-2-6-12-16/h1-14H. The quantitative estimate of drug-likeness (QED) is 0.496. The van der Waals surface area contributed by atoms with E-state index in [1.807, 2.05) is 48.7 Å². The van der Waals surface area contributed by atoms with Gasteiger partial charge in [-0.25, -0.2) is 4.98 Å². The zero-order valence-electron chi connectivity index (χ0n) is 12.4. The molecule has 0 spiro atoms. The van der Waals surface area contributed by atoms with E-state index in [4.69, 9.17) is 4.98 Å². The van der Waals surface area contributed by atoms with Crippen molar-refractivity contribution < 1.29 is 0 Å². The van der Waals surface area contributed by atoms with Gasteiger partial charge in [-0.3, -0.25) is 4.98 Å². The largest absolute Gasteiger partial charge is 0.255 e. The summed E-state index contributed by atoms with van der Waals surface area (Å²) < 4.78 is 0. The second-order valence-electron chi connectivity index (χ2n) is 5.14. The maximum absolute atomic E-state index is 4.88. The SMILES string of the molecule is c1ccc(-c2nc(-c3ccccn3)c(-c3ccccc3)s2)cc1. The summed E-state index contributed by atoms with van der Waals surface area (Å²) >= 11 is 1.71. The second kappa shape index (κ2) is 6.15. The van der Waals surface area contributed by atoms with Crippen molar-refractivity contribution in [2.45, 2.75) is 0 Å².